The first-order chi connectivity index (χ1) is 11.1. The predicted octanol–water partition coefficient (Wildman–Crippen LogP) is 3.70. The summed E-state index contributed by atoms with van der Waals surface area (Å²) >= 11 is 1.70. The van der Waals surface area contributed by atoms with Gasteiger partial charge in [0.15, 0.2) is 0 Å². The first-order valence-electron chi connectivity index (χ1n) is 7.19. The molecule has 5 heteroatoms. The lowest BCUT2D eigenvalue weighted by molar-refractivity contribution is 0.0784. The number of amides is 1. The van der Waals surface area contributed by atoms with Gasteiger partial charge in [-0.1, -0.05) is 12.1 Å². The molecule has 0 heterocycles. The number of thioether (sulfide) groups is 1. The number of carbonyl (C=O) groups is 1. The first-order valence-corrected chi connectivity index (χ1v) is 8.41. The van der Waals surface area contributed by atoms with E-state index in [2.05, 4.69) is 12.1 Å². The lowest BCUT2D eigenvalue weighted by Gasteiger charge is -2.18. The quantitative estimate of drug-likeness (QED) is 0.757. The van der Waals surface area contributed by atoms with Gasteiger partial charge < -0.3 is 14.4 Å². The highest BCUT2D eigenvalue weighted by Crippen LogP contribution is 2.24. The molecule has 0 aliphatic carbocycles. The van der Waals surface area contributed by atoms with Crippen molar-refractivity contribution in [1.82, 2.24) is 4.90 Å². The minimum Gasteiger partial charge on any atom is -0.497 e. The molecule has 2 aromatic carbocycles. The average Bonchev–Trinajstić information content (AvgIpc) is 2.61. The molecule has 0 atom stereocenters. The summed E-state index contributed by atoms with van der Waals surface area (Å²) in [7, 11) is 4.93. The van der Waals surface area contributed by atoms with Gasteiger partial charge in [-0.2, -0.15) is 0 Å². The average molecular weight is 331 g/mol. The molecule has 2 rings (SSSR count). The Bertz CT molecular complexity index is 648. The summed E-state index contributed by atoms with van der Waals surface area (Å²) in [6, 6.07) is 13.4. The number of methoxy groups -OCH3 is 2. The third-order valence-corrected chi connectivity index (χ3v) is 4.27. The Morgan fingerprint density at radius 1 is 1.04 bits per heavy atom. The maximum Gasteiger partial charge on any atom is 0.254 e. The zero-order valence-corrected chi connectivity index (χ0v) is 14.6. The van der Waals surface area contributed by atoms with Gasteiger partial charge in [-0.15, -0.1) is 11.8 Å². The Hall–Kier alpha value is -2.14. The molecule has 0 aliphatic rings. The van der Waals surface area contributed by atoms with Gasteiger partial charge in [-0.3, -0.25) is 4.79 Å². The highest BCUT2D eigenvalue weighted by molar-refractivity contribution is 7.98. The number of benzene rings is 2. The Balaban J connectivity index is 2.15. The summed E-state index contributed by atoms with van der Waals surface area (Å²) in [5, 5.41) is 0. The van der Waals surface area contributed by atoms with E-state index in [9.17, 15) is 4.79 Å². The van der Waals surface area contributed by atoms with E-state index in [-0.39, 0.29) is 5.91 Å². The fourth-order valence-corrected chi connectivity index (χ4v) is 2.64. The van der Waals surface area contributed by atoms with Crippen LogP contribution < -0.4 is 9.47 Å². The summed E-state index contributed by atoms with van der Waals surface area (Å²) in [6.45, 7) is 0.549. The molecule has 0 aliphatic heterocycles. The van der Waals surface area contributed by atoms with E-state index in [0.29, 0.717) is 23.6 Å². The van der Waals surface area contributed by atoms with Crippen LogP contribution in [0.25, 0.3) is 0 Å². The van der Waals surface area contributed by atoms with Crippen molar-refractivity contribution in [2.24, 2.45) is 0 Å². The van der Waals surface area contributed by atoms with Crippen molar-refractivity contribution in [2.45, 2.75) is 11.4 Å². The van der Waals surface area contributed by atoms with Crippen LogP contribution >= 0.6 is 11.8 Å². The van der Waals surface area contributed by atoms with Crippen LogP contribution in [0.5, 0.6) is 11.5 Å². The van der Waals surface area contributed by atoms with Gasteiger partial charge in [0.05, 0.1) is 14.2 Å². The summed E-state index contributed by atoms with van der Waals surface area (Å²) in [6.07, 6.45) is 2.04. The van der Waals surface area contributed by atoms with E-state index in [4.69, 9.17) is 9.47 Å². The van der Waals surface area contributed by atoms with Crippen LogP contribution in [-0.4, -0.2) is 38.3 Å². The fourth-order valence-electron chi connectivity index (χ4n) is 2.23. The van der Waals surface area contributed by atoms with Crippen molar-refractivity contribution in [3.63, 3.8) is 0 Å². The molecule has 0 N–H and O–H groups in total. The lowest BCUT2D eigenvalue weighted by Crippen LogP contribution is -2.26. The number of hydrogen-bond acceptors (Lipinski definition) is 4. The van der Waals surface area contributed by atoms with Crippen molar-refractivity contribution in [3.05, 3.63) is 53.6 Å². The maximum absolute atomic E-state index is 12.6. The molecule has 0 saturated carbocycles. The van der Waals surface area contributed by atoms with Crippen LogP contribution in [0.4, 0.5) is 0 Å². The molecule has 1 amide bonds. The minimum atomic E-state index is -0.0730. The minimum absolute atomic E-state index is 0.0730. The van der Waals surface area contributed by atoms with Gasteiger partial charge in [0, 0.05) is 30.1 Å². The Kier molecular flexibility index (Phi) is 5.93. The van der Waals surface area contributed by atoms with Crippen LogP contribution in [0.1, 0.15) is 15.9 Å². The van der Waals surface area contributed by atoms with E-state index in [0.717, 1.165) is 5.56 Å². The van der Waals surface area contributed by atoms with Gasteiger partial charge in [0.25, 0.3) is 5.91 Å². The second-order valence-corrected chi connectivity index (χ2v) is 5.99. The van der Waals surface area contributed by atoms with Crippen LogP contribution in [0, 0.1) is 0 Å². The third-order valence-electron chi connectivity index (χ3n) is 3.52. The predicted molar refractivity (Wildman–Crippen MR) is 93.6 cm³/mol. The number of rotatable bonds is 6. The Morgan fingerprint density at radius 3 is 2.09 bits per heavy atom. The van der Waals surface area contributed by atoms with Crippen molar-refractivity contribution in [1.29, 1.82) is 0 Å². The number of ether oxygens (including phenoxy) is 2. The molecule has 4 nitrogen and oxygen atoms in total. The fraction of sp³-hybridized carbons (Fsp3) is 0.278. The normalized spacial score (nSPS) is 10.3. The highest BCUT2D eigenvalue weighted by atomic mass is 32.2. The second kappa shape index (κ2) is 7.92. The molecule has 0 unspecified atom stereocenters. The molecule has 2 aromatic rings. The van der Waals surface area contributed by atoms with Crippen molar-refractivity contribution in [2.75, 3.05) is 27.5 Å². The zero-order valence-electron chi connectivity index (χ0n) is 13.8. The number of carbonyl (C=O) groups excluding carboxylic acids is 1. The molecule has 0 spiro atoms. The molecule has 122 valence electrons. The van der Waals surface area contributed by atoms with E-state index in [1.807, 2.05) is 18.4 Å². The SMILES string of the molecule is COc1cc(OC)cc(C(=O)N(C)Cc2ccc(SC)cc2)c1. The van der Waals surface area contributed by atoms with Gasteiger partial charge in [-0.05, 0) is 36.1 Å². The second-order valence-electron chi connectivity index (χ2n) is 5.11. The van der Waals surface area contributed by atoms with Crippen molar-refractivity contribution in [3.8, 4) is 11.5 Å². The highest BCUT2D eigenvalue weighted by Gasteiger charge is 2.14. The number of hydrogen-bond donors (Lipinski definition) is 0. The van der Waals surface area contributed by atoms with Crippen molar-refractivity contribution >= 4 is 17.7 Å². The molecule has 0 aromatic heterocycles. The van der Waals surface area contributed by atoms with Gasteiger partial charge in [-0.25, -0.2) is 0 Å². The number of nitrogens with zero attached hydrogens (tertiary/aromatic N) is 1. The maximum atomic E-state index is 12.6. The lowest BCUT2D eigenvalue weighted by atomic mass is 10.1. The summed E-state index contributed by atoms with van der Waals surface area (Å²) in [4.78, 5) is 15.5. The Morgan fingerprint density at radius 2 is 1.61 bits per heavy atom. The van der Waals surface area contributed by atoms with E-state index in [1.165, 1.54) is 4.90 Å². The van der Waals surface area contributed by atoms with E-state index in [1.54, 1.807) is 56.1 Å². The summed E-state index contributed by atoms with van der Waals surface area (Å²) in [5.41, 5.74) is 1.64. The molecule has 0 saturated heterocycles. The molecule has 0 bridgehead atoms. The molecule has 0 radical (unpaired) electrons. The topological polar surface area (TPSA) is 38.8 Å². The molecule has 23 heavy (non-hydrogen) atoms. The Labute approximate surface area is 141 Å². The molecule has 0 fully saturated rings. The van der Waals surface area contributed by atoms with Gasteiger partial charge in [0.2, 0.25) is 0 Å². The van der Waals surface area contributed by atoms with Gasteiger partial charge >= 0.3 is 0 Å². The van der Waals surface area contributed by atoms with E-state index >= 15 is 0 Å². The molecular weight excluding hydrogens is 310 g/mol. The van der Waals surface area contributed by atoms with Crippen molar-refractivity contribution < 1.29 is 14.3 Å². The standard InChI is InChI=1S/C18H21NO3S/c1-19(12-13-5-7-17(23-4)8-6-13)18(20)14-9-15(21-2)11-16(10-14)22-3/h5-11H,12H2,1-4H3. The van der Waals surface area contributed by atoms with Crippen LogP contribution in [0.15, 0.2) is 47.4 Å². The zero-order chi connectivity index (χ0) is 16.8. The molecular formula is C18H21NO3S. The first kappa shape index (κ1) is 17.2. The van der Waals surface area contributed by atoms with E-state index < -0.39 is 0 Å². The van der Waals surface area contributed by atoms with Crippen LogP contribution in [-0.2, 0) is 6.54 Å². The summed E-state index contributed by atoms with van der Waals surface area (Å²) < 4.78 is 10.4. The van der Waals surface area contributed by atoms with Crippen LogP contribution in [0.2, 0.25) is 0 Å². The largest absolute Gasteiger partial charge is 0.497 e. The smallest absolute Gasteiger partial charge is 0.254 e. The van der Waals surface area contributed by atoms with Crippen LogP contribution in [0.3, 0.4) is 0 Å². The third kappa shape index (κ3) is 4.42. The van der Waals surface area contributed by atoms with Gasteiger partial charge in [0.1, 0.15) is 11.5 Å². The monoisotopic (exact) mass is 331 g/mol. The summed E-state index contributed by atoms with van der Waals surface area (Å²) in [5.74, 6) is 1.13.